The summed E-state index contributed by atoms with van der Waals surface area (Å²) in [5.74, 6) is 0.630. The van der Waals surface area contributed by atoms with Crippen LogP contribution in [0.15, 0.2) is 9.85 Å². The van der Waals surface area contributed by atoms with Gasteiger partial charge < -0.3 is 5.32 Å². The van der Waals surface area contributed by atoms with Crippen LogP contribution in [0, 0.1) is 5.92 Å². The van der Waals surface area contributed by atoms with Crippen LogP contribution in [0.5, 0.6) is 0 Å². The maximum atomic E-state index is 4.29. The van der Waals surface area contributed by atoms with Crippen molar-refractivity contribution in [3.63, 3.8) is 0 Å². The van der Waals surface area contributed by atoms with Crippen LogP contribution < -0.4 is 5.32 Å². The normalized spacial score (nSPS) is 18.3. The zero-order valence-electron chi connectivity index (χ0n) is 11.6. The number of anilines is 1. The lowest BCUT2D eigenvalue weighted by atomic mass is 9.94. The van der Waals surface area contributed by atoms with E-state index in [0.717, 1.165) is 16.6 Å². The van der Waals surface area contributed by atoms with E-state index < -0.39 is 0 Å². The molecule has 1 aliphatic rings. The summed E-state index contributed by atoms with van der Waals surface area (Å²) in [6.45, 7) is 4.43. The smallest absolute Gasteiger partial charge is 0.206 e. The zero-order valence-corrected chi connectivity index (χ0v) is 14.9. The molecule has 0 spiro atoms. The van der Waals surface area contributed by atoms with E-state index in [2.05, 4.69) is 51.4 Å². The SMILES string of the molecule is CC(C)Cc1nnc(NC2CCCc3sc(Br)cc32)s1. The van der Waals surface area contributed by atoms with Gasteiger partial charge in [-0.05, 0) is 52.7 Å². The molecule has 0 radical (unpaired) electrons. The van der Waals surface area contributed by atoms with Crippen LogP contribution in [-0.2, 0) is 12.8 Å². The Morgan fingerprint density at radius 3 is 3.05 bits per heavy atom. The Balaban J connectivity index is 1.73. The van der Waals surface area contributed by atoms with Gasteiger partial charge in [-0.3, -0.25) is 0 Å². The highest BCUT2D eigenvalue weighted by atomic mass is 79.9. The average Bonchev–Trinajstić information content (AvgIpc) is 2.95. The van der Waals surface area contributed by atoms with E-state index in [4.69, 9.17) is 0 Å². The molecule has 3 nitrogen and oxygen atoms in total. The second kappa shape index (κ2) is 6.12. The molecular formula is C14H18BrN3S2. The van der Waals surface area contributed by atoms with Gasteiger partial charge in [0.25, 0.3) is 0 Å². The number of hydrogen-bond acceptors (Lipinski definition) is 5. The number of aryl methyl sites for hydroxylation is 1. The molecule has 6 heteroatoms. The standard InChI is InChI=1S/C14H18BrN3S2/c1-8(2)6-13-17-18-14(20-13)16-10-4-3-5-11-9(10)7-12(15)19-11/h7-8,10H,3-6H2,1-2H3,(H,16,18). The molecule has 0 amide bonds. The molecule has 20 heavy (non-hydrogen) atoms. The molecule has 2 heterocycles. The quantitative estimate of drug-likeness (QED) is 0.816. The molecule has 3 rings (SSSR count). The summed E-state index contributed by atoms with van der Waals surface area (Å²) in [6, 6.07) is 2.65. The lowest BCUT2D eigenvalue weighted by molar-refractivity contribution is 0.607. The fourth-order valence-corrected chi connectivity index (χ4v) is 5.39. The van der Waals surface area contributed by atoms with Gasteiger partial charge in [-0.1, -0.05) is 25.2 Å². The first kappa shape index (κ1) is 14.5. The number of nitrogens with zero attached hydrogens (tertiary/aromatic N) is 2. The van der Waals surface area contributed by atoms with Gasteiger partial charge >= 0.3 is 0 Å². The van der Waals surface area contributed by atoms with E-state index in [1.807, 2.05) is 11.3 Å². The van der Waals surface area contributed by atoms with Crippen molar-refractivity contribution in [2.24, 2.45) is 5.92 Å². The van der Waals surface area contributed by atoms with Crippen molar-refractivity contribution in [3.8, 4) is 0 Å². The number of rotatable bonds is 4. The number of thiophene rings is 1. The summed E-state index contributed by atoms with van der Waals surface area (Å²) in [5, 5.41) is 14.2. The molecule has 1 N–H and O–H groups in total. The van der Waals surface area contributed by atoms with Gasteiger partial charge in [0.15, 0.2) is 0 Å². The first-order chi connectivity index (χ1) is 9.61. The van der Waals surface area contributed by atoms with Gasteiger partial charge in [-0.25, -0.2) is 0 Å². The largest absolute Gasteiger partial charge is 0.353 e. The minimum absolute atomic E-state index is 0.390. The first-order valence-corrected chi connectivity index (χ1v) is 9.41. The lowest BCUT2D eigenvalue weighted by Crippen LogP contribution is -2.15. The lowest BCUT2D eigenvalue weighted by Gasteiger charge is -2.22. The molecule has 1 atom stereocenters. The second-order valence-electron chi connectivity index (χ2n) is 5.62. The van der Waals surface area contributed by atoms with Crippen LogP contribution in [0.2, 0.25) is 0 Å². The van der Waals surface area contributed by atoms with E-state index >= 15 is 0 Å². The highest BCUT2D eigenvalue weighted by Crippen LogP contribution is 2.39. The summed E-state index contributed by atoms with van der Waals surface area (Å²) >= 11 is 7.16. The topological polar surface area (TPSA) is 37.8 Å². The molecule has 1 aliphatic carbocycles. The third kappa shape index (κ3) is 3.23. The van der Waals surface area contributed by atoms with Crippen molar-refractivity contribution in [2.45, 2.75) is 45.6 Å². The summed E-state index contributed by atoms with van der Waals surface area (Å²) in [4.78, 5) is 1.51. The predicted octanol–water partition coefficient (Wildman–Crippen LogP) is 5.05. The minimum atomic E-state index is 0.390. The molecule has 0 saturated heterocycles. The van der Waals surface area contributed by atoms with Crippen LogP contribution in [0.1, 0.15) is 48.2 Å². The fraction of sp³-hybridized carbons (Fsp3) is 0.571. The molecule has 2 aromatic rings. The monoisotopic (exact) mass is 371 g/mol. The van der Waals surface area contributed by atoms with Gasteiger partial charge in [-0.2, -0.15) is 0 Å². The molecule has 0 fully saturated rings. The summed E-state index contributed by atoms with van der Waals surface area (Å²) < 4.78 is 1.23. The van der Waals surface area contributed by atoms with Crippen LogP contribution in [0.4, 0.5) is 5.13 Å². The van der Waals surface area contributed by atoms with Crippen LogP contribution >= 0.6 is 38.6 Å². The Labute approximate surface area is 136 Å². The zero-order chi connectivity index (χ0) is 14.1. The molecule has 0 saturated carbocycles. The van der Waals surface area contributed by atoms with Crippen molar-refractivity contribution in [1.82, 2.24) is 10.2 Å². The van der Waals surface area contributed by atoms with Crippen molar-refractivity contribution in [3.05, 3.63) is 25.3 Å². The summed E-state index contributed by atoms with van der Waals surface area (Å²) in [7, 11) is 0. The van der Waals surface area contributed by atoms with Gasteiger partial charge in [-0.15, -0.1) is 21.5 Å². The molecule has 0 aliphatic heterocycles. The highest BCUT2D eigenvalue weighted by Gasteiger charge is 2.23. The molecule has 108 valence electrons. The molecule has 0 aromatic carbocycles. The second-order valence-corrected chi connectivity index (χ2v) is 9.20. The van der Waals surface area contributed by atoms with E-state index in [9.17, 15) is 0 Å². The third-order valence-corrected chi connectivity index (χ3v) is 6.02. The van der Waals surface area contributed by atoms with E-state index in [1.54, 1.807) is 11.3 Å². The summed E-state index contributed by atoms with van der Waals surface area (Å²) in [5.41, 5.74) is 1.44. The van der Waals surface area contributed by atoms with Crippen molar-refractivity contribution < 1.29 is 0 Å². The average molecular weight is 372 g/mol. The van der Waals surface area contributed by atoms with Crippen molar-refractivity contribution >= 4 is 43.7 Å². The first-order valence-electron chi connectivity index (χ1n) is 6.99. The fourth-order valence-electron chi connectivity index (χ4n) is 2.56. The summed E-state index contributed by atoms with van der Waals surface area (Å²) in [6.07, 6.45) is 4.64. The van der Waals surface area contributed by atoms with Crippen LogP contribution in [0.25, 0.3) is 0 Å². The number of hydrogen-bond donors (Lipinski definition) is 1. The Kier molecular flexibility index (Phi) is 4.43. The highest BCUT2D eigenvalue weighted by molar-refractivity contribution is 9.11. The molecule has 2 aromatic heterocycles. The predicted molar refractivity (Wildman–Crippen MR) is 89.8 cm³/mol. The third-order valence-electron chi connectivity index (χ3n) is 3.43. The molecular weight excluding hydrogens is 354 g/mol. The molecule has 1 unspecified atom stereocenters. The van der Waals surface area contributed by atoms with E-state index in [-0.39, 0.29) is 0 Å². The number of halogens is 1. The van der Waals surface area contributed by atoms with E-state index in [1.165, 1.54) is 33.5 Å². The Morgan fingerprint density at radius 1 is 1.40 bits per heavy atom. The maximum Gasteiger partial charge on any atom is 0.206 e. The Morgan fingerprint density at radius 2 is 2.25 bits per heavy atom. The van der Waals surface area contributed by atoms with E-state index in [0.29, 0.717) is 12.0 Å². The number of nitrogens with one attached hydrogen (secondary N) is 1. The number of fused-ring (bicyclic) bond motifs is 1. The van der Waals surface area contributed by atoms with Gasteiger partial charge in [0.2, 0.25) is 5.13 Å². The Hall–Kier alpha value is -0.460. The van der Waals surface area contributed by atoms with Crippen LogP contribution in [-0.4, -0.2) is 10.2 Å². The maximum absolute atomic E-state index is 4.29. The molecule has 0 bridgehead atoms. The van der Waals surface area contributed by atoms with Gasteiger partial charge in [0.05, 0.1) is 9.83 Å². The Bertz CT molecular complexity index is 591. The van der Waals surface area contributed by atoms with Crippen molar-refractivity contribution in [1.29, 1.82) is 0 Å². The van der Waals surface area contributed by atoms with Gasteiger partial charge in [0.1, 0.15) is 5.01 Å². The van der Waals surface area contributed by atoms with Crippen LogP contribution in [0.3, 0.4) is 0 Å². The number of aromatic nitrogens is 2. The van der Waals surface area contributed by atoms with Gasteiger partial charge in [0, 0.05) is 11.3 Å². The minimum Gasteiger partial charge on any atom is -0.353 e. The van der Waals surface area contributed by atoms with Crippen molar-refractivity contribution in [2.75, 3.05) is 5.32 Å².